The smallest absolute Gasteiger partial charge is 0.251 e. The van der Waals surface area contributed by atoms with Crippen LogP contribution in [0, 0.1) is 0 Å². The predicted octanol–water partition coefficient (Wildman–Crippen LogP) is 1.19. The fourth-order valence-electron chi connectivity index (χ4n) is 1.36. The fourth-order valence-corrected chi connectivity index (χ4v) is 2.61. The number of rotatable bonds is 6. The van der Waals surface area contributed by atoms with Crippen LogP contribution in [0.15, 0.2) is 30.3 Å². The van der Waals surface area contributed by atoms with Gasteiger partial charge in [-0.1, -0.05) is 37.3 Å². The summed E-state index contributed by atoms with van der Waals surface area (Å²) in [5.74, 6) is 5.75. The van der Waals surface area contributed by atoms with E-state index in [4.69, 9.17) is 11.6 Å². The maximum Gasteiger partial charge on any atom is 0.251 e. The standard InChI is InChI=1S/C12H19N3OS/c1-2-10(13)8-17-11(12(16)15-14)9-6-4-3-5-7-9/h3-7,10-11H,2,8,13-14H2,1H3,(H,15,16). The third-order valence-electron chi connectivity index (χ3n) is 2.48. The van der Waals surface area contributed by atoms with E-state index in [0.717, 1.165) is 17.7 Å². The van der Waals surface area contributed by atoms with Crippen LogP contribution in [0.2, 0.25) is 0 Å². The zero-order chi connectivity index (χ0) is 12.7. The third-order valence-corrected chi connectivity index (χ3v) is 3.92. The van der Waals surface area contributed by atoms with Gasteiger partial charge in [-0.05, 0) is 12.0 Å². The van der Waals surface area contributed by atoms with E-state index < -0.39 is 0 Å². The normalized spacial score (nSPS) is 14.1. The number of benzene rings is 1. The first kappa shape index (κ1) is 14.0. The van der Waals surface area contributed by atoms with Crippen molar-refractivity contribution in [1.29, 1.82) is 0 Å². The van der Waals surface area contributed by atoms with Crippen LogP contribution in [-0.2, 0) is 4.79 Å². The Hall–Kier alpha value is -1.04. The molecule has 1 amide bonds. The van der Waals surface area contributed by atoms with E-state index in [2.05, 4.69) is 5.43 Å². The summed E-state index contributed by atoms with van der Waals surface area (Å²) in [5, 5.41) is -0.293. The van der Waals surface area contributed by atoms with E-state index in [1.165, 1.54) is 11.8 Å². The van der Waals surface area contributed by atoms with Gasteiger partial charge in [0.25, 0.3) is 5.91 Å². The molecule has 5 N–H and O–H groups in total. The number of amides is 1. The van der Waals surface area contributed by atoms with Crippen LogP contribution < -0.4 is 17.0 Å². The lowest BCUT2D eigenvalue weighted by Crippen LogP contribution is -2.34. The van der Waals surface area contributed by atoms with E-state index in [-0.39, 0.29) is 17.2 Å². The average molecular weight is 253 g/mol. The Morgan fingerprint density at radius 1 is 1.41 bits per heavy atom. The highest BCUT2D eigenvalue weighted by atomic mass is 32.2. The zero-order valence-corrected chi connectivity index (χ0v) is 10.7. The Morgan fingerprint density at radius 3 is 2.59 bits per heavy atom. The van der Waals surface area contributed by atoms with Gasteiger partial charge in [-0.3, -0.25) is 10.2 Å². The number of carbonyl (C=O) groups is 1. The highest BCUT2D eigenvalue weighted by Crippen LogP contribution is 2.29. The molecule has 17 heavy (non-hydrogen) atoms. The molecule has 94 valence electrons. The second kappa shape index (κ2) is 7.32. The topological polar surface area (TPSA) is 81.1 Å². The molecule has 0 aromatic heterocycles. The maximum absolute atomic E-state index is 11.7. The van der Waals surface area contributed by atoms with Crippen LogP contribution in [0.5, 0.6) is 0 Å². The summed E-state index contributed by atoms with van der Waals surface area (Å²) in [5.41, 5.74) is 9.01. The molecular formula is C12H19N3OS. The molecule has 0 spiro atoms. The van der Waals surface area contributed by atoms with Gasteiger partial charge >= 0.3 is 0 Å². The molecule has 0 saturated heterocycles. The van der Waals surface area contributed by atoms with E-state index in [1.807, 2.05) is 37.3 Å². The van der Waals surface area contributed by atoms with Gasteiger partial charge in [-0.2, -0.15) is 0 Å². The Bertz CT molecular complexity index is 345. The van der Waals surface area contributed by atoms with Gasteiger partial charge in [0.05, 0.1) is 0 Å². The van der Waals surface area contributed by atoms with Crippen molar-refractivity contribution in [2.24, 2.45) is 11.6 Å². The number of hydrazine groups is 1. The third kappa shape index (κ3) is 4.38. The minimum atomic E-state index is -0.293. The van der Waals surface area contributed by atoms with Gasteiger partial charge in [0.2, 0.25) is 0 Å². The average Bonchev–Trinajstić information content (AvgIpc) is 2.39. The van der Waals surface area contributed by atoms with E-state index >= 15 is 0 Å². The summed E-state index contributed by atoms with van der Waals surface area (Å²) in [7, 11) is 0. The van der Waals surface area contributed by atoms with Crippen molar-refractivity contribution >= 4 is 17.7 Å². The largest absolute Gasteiger partial charge is 0.327 e. The van der Waals surface area contributed by atoms with Crippen molar-refractivity contribution in [3.63, 3.8) is 0 Å². The molecule has 2 unspecified atom stereocenters. The molecule has 0 aliphatic carbocycles. The van der Waals surface area contributed by atoms with Gasteiger partial charge in [-0.25, -0.2) is 5.84 Å². The monoisotopic (exact) mass is 253 g/mol. The summed E-state index contributed by atoms with van der Waals surface area (Å²) >= 11 is 1.52. The highest BCUT2D eigenvalue weighted by molar-refractivity contribution is 8.00. The fraction of sp³-hybridized carbons (Fsp3) is 0.417. The summed E-state index contributed by atoms with van der Waals surface area (Å²) < 4.78 is 0. The van der Waals surface area contributed by atoms with Crippen molar-refractivity contribution in [2.45, 2.75) is 24.6 Å². The number of hydrogen-bond donors (Lipinski definition) is 3. The first-order valence-electron chi connectivity index (χ1n) is 5.61. The van der Waals surface area contributed by atoms with E-state index in [0.29, 0.717) is 0 Å². The van der Waals surface area contributed by atoms with Crippen LogP contribution in [0.3, 0.4) is 0 Å². The molecule has 1 rings (SSSR count). The minimum Gasteiger partial charge on any atom is -0.327 e. The van der Waals surface area contributed by atoms with Gasteiger partial charge in [0.15, 0.2) is 0 Å². The zero-order valence-electron chi connectivity index (χ0n) is 9.93. The molecule has 0 fully saturated rings. The van der Waals surface area contributed by atoms with Crippen molar-refractivity contribution in [3.05, 3.63) is 35.9 Å². The van der Waals surface area contributed by atoms with Crippen LogP contribution in [0.1, 0.15) is 24.2 Å². The predicted molar refractivity (Wildman–Crippen MR) is 72.2 cm³/mol. The van der Waals surface area contributed by atoms with E-state index in [1.54, 1.807) is 0 Å². The van der Waals surface area contributed by atoms with Crippen LogP contribution in [0.4, 0.5) is 0 Å². The lowest BCUT2D eigenvalue weighted by atomic mass is 10.1. The Balaban J connectivity index is 2.71. The highest BCUT2D eigenvalue weighted by Gasteiger charge is 2.20. The van der Waals surface area contributed by atoms with Crippen molar-refractivity contribution in [2.75, 3.05) is 5.75 Å². The lowest BCUT2D eigenvalue weighted by molar-refractivity contribution is -0.120. The molecule has 4 nitrogen and oxygen atoms in total. The molecule has 5 heteroatoms. The molecular weight excluding hydrogens is 234 g/mol. The molecule has 0 saturated carbocycles. The van der Waals surface area contributed by atoms with E-state index in [9.17, 15) is 4.79 Å². The van der Waals surface area contributed by atoms with Crippen LogP contribution in [-0.4, -0.2) is 17.7 Å². The molecule has 0 radical (unpaired) electrons. The molecule has 0 aliphatic heterocycles. The van der Waals surface area contributed by atoms with Gasteiger partial charge in [-0.15, -0.1) is 11.8 Å². The van der Waals surface area contributed by atoms with Gasteiger partial charge < -0.3 is 5.73 Å². The Labute approximate surface area is 106 Å². The second-order valence-electron chi connectivity index (χ2n) is 3.80. The minimum absolute atomic E-state index is 0.108. The van der Waals surface area contributed by atoms with Crippen LogP contribution in [0.25, 0.3) is 0 Å². The summed E-state index contributed by atoms with van der Waals surface area (Å²) in [6, 6.07) is 9.69. The lowest BCUT2D eigenvalue weighted by Gasteiger charge is -2.17. The number of thioether (sulfide) groups is 1. The molecule has 1 aromatic carbocycles. The van der Waals surface area contributed by atoms with Gasteiger partial charge in [0.1, 0.15) is 5.25 Å². The number of nitrogens with one attached hydrogen (secondary N) is 1. The molecule has 2 atom stereocenters. The SMILES string of the molecule is CCC(N)CSC(C(=O)NN)c1ccccc1. The first-order valence-corrected chi connectivity index (χ1v) is 6.66. The van der Waals surface area contributed by atoms with Gasteiger partial charge in [0, 0.05) is 11.8 Å². The first-order chi connectivity index (χ1) is 8.19. The number of carbonyl (C=O) groups excluding carboxylic acids is 1. The summed E-state index contributed by atoms with van der Waals surface area (Å²) in [4.78, 5) is 11.7. The number of hydrogen-bond acceptors (Lipinski definition) is 4. The second-order valence-corrected chi connectivity index (χ2v) is 4.94. The van der Waals surface area contributed by atoms with Crippen LogP contribution >= 0.6 is 11.8 Å². The maximum atomic E-state index is 11.7. The molecule has 1 aromatic rings. The quantitative estimate of drug-likeness (QED) is 0.404. The summed E-state index contributed by atoms with van der Waals surface area (Å²) in [6.07, 6.45) is 0.902. The Kier molecular flexibility index (Phi) is 6.04. The van der Waals surface area contributed by atoms with Crippen molar-refractivity contribution in [1.82, 2.24) is 5.43 Å². The molecule has 0 aliphatic rings. The Morgan fingerprint density at radius 2 is 2.06 bits per heavy atom. The van der Waals surface area contributed by atoms with Crippen molar-refractivity contribution < 1.29 is 4.79 Å². The molecule has 0 bridgehead atoms. The number of nitrogens with two attached hydrogens (primary N) is 2. The van der Waals surface area contributed by atoms with Crippen molar-refractivity contribution in [3.8, 4) is 0 Å². The summed E-state index contributed by atoms with van der Waals surface area (Å²) in [6.45, 7) is 2.03. The molecule has 0 heterocycles.